The van der Waals surface area contributed by atoms with Gasteiger partial charge < -0.3 is 5.11 Å². The average molecular weight is 218 g/mol. The third-order valence-electron chi connectivity index (χ3n) is 0.951. The van der Waals surface area contributed by atoms with Crippen molar-refractivity contribution >= 4 is 40.8 Å². The number of carbonyl (C=O) groups is 1. The molecule has 11 heavy (non-hydrogen) atoms. The highest BCUT2D eigenvalue weighted by Crippen LogP contribution is 2.31. The maximum atomic E-state index is 9.99. The van der Waals surface area contributed by atoms with Gasteiger partial charge in [0.15, 0.2) is 3.79 Å². The fourth-order valence-electron chi connectivity index (χ4n) is 0.491. The summed E-state index contributed by atoms with van der Waals surface area (Å²) in [6, 6.07) is 0. The van der Waals surface area contributed by atoms with Gasteiger partial charge in [0.25, 0.3) is 0 Å². The Morgan fingerprint density at radius 2 is 2.00 bits per heavy atom. The van der Waals surface area contributed by atoms with Gasteiger partial charge in [-0.05, 0) is 19.3 Å². The van der Waals surface area contributed by atoms with Crippen molar-refractivity contribution in [1.29, 1.82) is 0 Å². The second-order valence-electron chi connectivity index (χ2n) is 2.04. The zero-order chi connectivity index (χ0) is 8.91. The molecule has 65 valence electrons. The average Bonchev–Trinajstić information content (AvgIpc) is 1.78. The van der Waals surface area contributed by atoms with Crippen molar-refractivity contribution in [2.75, 3.05) is 0 Å². The largest absolute Gasteiger partial charge is 0.481 e. The zero-order valence-corrected chi connectivity index (χ0v) is 7.96. The maximum absolute atomic E-state index is 9.99. The van der Waals surface area contributed by atoms with E-state index in [0.717, 1.165) is 0 Å². The van der Waals surface area contributed by atoms with Crippen molar-refractivity contribution in [3.8, 4) is 0 Å². The van der Waals surface area contributed by atoms with Crippen molar-refractivity contribution in [2.24, 2.45) is 0 Å². The highest BCUT2D eigenvalue weighted by atomic mass is 35.6. The Kier molecular flexibility index (Phi) is 5.23. The van der Waals surface area contributed by atoms with Crippen LogP contribution in [0.1, 0.15) is 19.3 Å². The predicted molar refractivity (Wildman–Crippen MR) is 46.1 cm³/mol. The third kappa shape index (κ3) is 10.3. The summed E-state index contributed by atoms with van der Waals surface area (Å²) in [7, 11) is 0. The lowest BCUT2D eigenvalue weighted by Crippen LogP contribution is -2.02. The SMILES string of the molecule is O=C(O)C[CH]CCC(Cl)(Cl)Cl. The molecule has 0 unspecified atom stereocenters. The molecule has 0 aliphatic heterocycles. The van der Waals surface area contributed by atoms with E-state index in [2.05, 4.69) is 0 Å². The van der Waals surface area contributed by atoms with Gasteiger partial charge in [0.05, 0.1) is 0 Å². The number of alkyl halides is 3. The van der Waals surface area contributed by atoms with Crippen molar-refractivity contribution in [3.63, 3.8) is 0 Å². The molecule has 1 N–H and O–H groups in total. The van der Waals surface area contributed by atoms with Crippen molar-refractivity contribution in [3.05, 3.63) is 6.42 Å². The van der Waals surface area contributed by atoms with E-state index in [1.807, 2.05) is 0 Å². The summed E-state index contributed by atoms with van der Waals surface area (Å²) < 4.78 is -1.27. The van der Waals surface area contributed by atoms with Gasteiger partial charge in [-0.15, -0.1) is 0 Å². The number of rotatable bonds is 4. The van der Waals surface area contributed by atoms with Gasteiger partial charge in [-0.25, -0.2) is 0 Å². The van der Waals surface area contributed by atoms with Crippen molar-refractivity contribution < 1.29 is 9.90 Å². The minimum absolute atomic E-state index is 0.0146. The van der Waals surface area contributed by atoms with Gasteiger partial charge in [-0.1, -0.05) is 34.8 Å². The third-order valence-corrected chi connectivity index (χ3v) is 1.52. The minimum Gasteiger partial charge on any atom is -0.481 e. The molecule has 0 bridgehead atoms. The Bertz CT molecular complexity index is 130. The molecular weight excluding hydrogens is 210 g/mol. The Morgan fingerprint density at radius 3 is 2.36 bits per heavy atom. The lowest BCUT2D eigenvalue weighted by Gasteiger charge is -2.08. The van der Waals surface area contributed by atoms with Gasteiger partial charge in [-0.2, -0.15) is 0 Å². The summed E-state index contributed by atoms with van der Waals surface area (Å²) in [6.07, 6.45) is 2.44. The molecular formula is C6H8Cl3O2. The molecule has 0 saturated carbocycles. The molecule has 0 fully saturated rings. The normalized spacial score (nSPS) is 11.5. The fraction of sp³-hybridized carbons (Fsp3) is 0.667. The summed E-state index contributed by atoms with van der Waals surface area (Å²) >= 11 is 16.2. The standard InChI is InChI=1S/C6H8Cl3O2/c7-6(8,9)4-2-1-3-5(10)11/h1H,2-4H2,(H,10,11). The number of halogens is 3. The van der Waals surface area contributed by atoms with Crippen molar-refractivity contribution in [2.45, 2.75) is 23.1 Å². The number of carboxylic acids is 1. The van der Waals surface area contributed by atoms with E-state index in [4.69, 9.17) is 39.9 Å². The van der Waals surface area contributed by atoms with Crippen LogP contribution in [0.15, 0.2) is 0 Å². The summed E-state index contributed by atoms with van der Waals surface area (Å²) in [4.78, 5) is 9.99. The first-order chi connectivity index (χ1) is 4.92. The van der Waals surface area contributed by atoms with E-state index in [9.17, 15) is 4.79 Å². The monoisotopic (exact) mass is 217 g/mol. The Balaban J connectivity index is 3.22. The van der Waals surface area contributed by atoms with Gasteiger partial charge in [0.1, 0.15) is 0 Å². The molecule has 0 atom stereocenters. The van der Waals surface area contributed by atoms with E-state index < -0.39 is 9.76 Å². The van der Waals surface area contributed by atoms with E-state index in [1.165, 1.54) is 0 Å². The van der Waals surface area contributed by atoms with E-state index in [0.29, 0.717) is 12.8 Å². The Labute approximate surface area is 80.4 Å². The molecule has 0 aliphatic rings. The molecule has 0 aromatic heterocycles. The van der Waals surface area contributed by atoms with Crippen LogP contribution < -0.4 is 0 Å². The van der Waals surface area contributed by atoms with Crippen molar-refractivity contribution in [1.82, 2.24) is 0 Å². The minimum atomic E-state index is -1.27. The predicted octanol–water partition coefficient (Wildman–Crippen LogP) is 2.82. The highest BCUT2D eigenvalue weighted by Gasteiger charge is 2.18. The van der Waals surface area contributed by atoms with Crippen LogP contribution in [0, 0.1) is 6.42 Å². The number of hydrogen-bond donors (Lipinski definition) is 1. The van der Waals surface area contributed by atoms with E-state index in [-0.39, 0.29) is 6.42 Å². The van der Waals surface area contributed by atoms with Gasteiger partial charge in [0, 0.05) is 6.42 Å². The molecule has 0 heterocycles. The van der Waals surface area contributed by atoms with Crippen LogP contribution in [0.3, 0.4) is 0 Å². The van der Waals surface area contributed by atoms with Gasteiger partial charge >= 0.3 is 5.97 Å². The molecule has 0 spiro atoms. The quantitative estimate of drug-likeness (QED) is 0.582. The first-order valence-electron chi connectivity index (χ1n) is 3.02. The first kappa shape index (κ1) is 11.3. The molecule has 0 amide bonds. The second kappa shape index (κ2) is 5.07. The van der Waals surface area contributed by atoms with Crippen LogP contribution in [-0.2, 0) is 4.79 Å². The maximum Gasteiger partial charge on any atom is 0.303 e. The van der Waals surface area contributed by atoms with Crippen LogP contribution >= 0.6 is 34.8 Å². The molecule has 0 rings (SSSR count). The summed E-state index contributed by atoms with van der Waals surface area (Å²) in [6.45, 7) is 0. The van der Waals surface area contributed by atoms with Crippen LogP contribution in [0.5, 0.6) is 0 Å². The number of unbranched alkanes of at least 4 members (excludes halogenated alkanes) is 1. The molecule has 5 heteroatoms. The van der Waals surface area contributed by atoms with Gasteiger partial charge in [0.2, 0.25) is 0 Å². The molecule has 0 aromatic rings. The van der Waals surface area contributed by atoms with Crippen LogP contribution in [0.25, 0.3) is 0 Å². The topological polar surface area (TPSA) is 37.3 Å². The molecule has 2 nitrogen and oxygen atoms in total. The smallest absolute Gasteiger partial charge is 0.303 e. The molecule has 0 saturated heterocycles. The van der Waals surface area contributed by atoms with E-state index in [1.54, 1.807) is 6.42 Å². The summed E-state index contributed by atoms with van der Waals surface area (Å²) in [5, 5.41) is 8.21. The van der Waals surface area contributed by atoms with Gasteiger partial charge in [-0.3, -0.25) is 4.79 Å². The zero-order valence-electron chi connectivity index (χ0n) is 5.69. The number of hydrogen-bond acceptors (Lipinski definition) is 1. The summed E-state index contributed by atoms with van der Waals surface area (Å²) in [5.41, 5.74) is 0. The fourth-order valence-corrected chi connectivity index (χ4v) is 0.819. The Hall–Kier alpha value is 0.340. The number of aliphatic carboxylic acids is 1. The lowest BCUT2D eigenvalue weighted by molar-refractivity contribution is -0.136. The molecule has 0 aliphatic carbocycles. The van der Waals surface area contributed by atoms with Crippen LogP contribution in [-0.4, -0.2) is 14.9 Å². The number of carboxylic acid groups (broad SMARTS) is 1. The highest BCUT2D eigenvalue weighted by molar-refractivity contribution is 6.67. The van der Waals surface area contributed by atoms with Crippen LogP contribution in [0.2, 0.25) is 0 Å². The second-order valence-corrected chi connectivity index (χ2v) is 4.56. The first-order valence-corrected chi connectivity index (χ1v) is 4.15. The molecule has 1 radical (unpaired) electrons. The van der Waals surface area contributed by atoms with Crippen LogP contribution in [0.4, 0.5) is 0 Å². The molecule has 0 aromatic carbocycles. The lowest BCUT2D eigenvalue weighted by atomic mass is 10.2. The Morgan fingerprint density at radius 1 is 1.45 bits per heavy atom. The van der Waals surface area contributed by atoms with E-state index >= 15 is 0 Å². The summed E-state index contributed by atoms with van der Waals surface area (Å²) in [5.74, 6) is -0.866.